The third-order valence-corrected chi connectivity index (χ3v) is 1.52. The lowest BCUT2D eigenvalue weighted by atomic mass is 9.82. The summed E-state index contributed by atoms with van der Waals surface area (Å²) in [5, 5.41) is 8.71. The number of carbonyl (C=O) groups is 1. The first-order valence-electron chi connectivity index (χ1n) is 3.99. The van der Waals surface area contributed by atoms with Gasteiger partial charge < -0.3 is 4.74 Å². The van der Waals surface area contributed by atoms with Crippen molar-refractivity contribution in [2.75, 3.05) is 6.61 Å². The fourth-order valence-corrected chi connectivity index (χ4v) is 0.825. The van der Waals surface area contributed by atoms with E-state index in [1.54, 1.807) is 6.92 Å². The molecule has 12 heavy (non-hydrogen) atoms. The summed E-state index contributed by atoms with van der Waals surface area (Å²) in [6, 6.07) is 1.95. The average Bonchev–Trinajstić information content (AvgIpc) is 1.85. The van der Waals surface area contributed by atoms with Crippen LogP contribution in [-0.2, 0) is 9.53 Å². The quantitative estimate of drug-likeness (QED) is 0.591. The van der Waals surface area contributed by atoms with Gasteiger partial charge in [-0.05, 0) is 12.3 Å². The number of nitriles is 1. The Morgan fingerprint density at radius 1 is 1.58 bits per heavy atom. The van der Waals surface area contributed by atoms with E-state index < -0.39 is 11.9 Å². The second-order valence-corrected chi connectivity index (χ2v) is 3.68. The largest absolute Gasteiger partial charge is 0.465 e. The molecular weight excluding hydrogens is 154 g/mol. The maximum Gasteiger partial charge on any atom is 0.323 e. The van der Waals surface area contributed by atoms with Crippen LogP contribution in [0.1, 0.15) is 27.7 Å². The van der Waals surface area contributed by atoms with Crippen LogP contribution in [0.5, 0.6) is 0 Å². The lowest BCUT2D eigenvalue weighted by Crippen LogP contribution is -2.28. The summed E-state index contributed by atoms with van der Waals surface area (Å²) in [6.07, 6.45) is 0. The monoisotopic (exact) mass is 169 g/mol. The van der Waals surface area contributed by atoms with E-state index in [0.717, 1.165) is 0 Å². The molecule has 0 fully saturated rings. The van der Waals surface area contributed by atoms with Crippen LogP contribution in [0.15, 0.2) is 0 Å². The predicted molar refractivity (Wildman–Crippen MR) is 45.2 cm³/mol. The summed E-state index contributed by atoms with van der Waals surface area (Å²) in [5.74, 6) is -1.09. The molecule has 0 aromatic carbocycles. The van der Waals surface area contributed by atoms with E-state index in [9.17, 15) is 4.79 Å². The molecule has 3 nitrogen and oxygen atoms in total. The molecule has 0 saturated heterocycles. The molecule has 3 heteroatoms. The molecular formula is C9H15NO2. The van der Waals surface area contributed by atoms with Crippen molar-refractivity contribution in [2.45, 2.75) is 27.7 Å². The van der Waals surface area contributed by atoms with E-state index in [2.05, 4.69) is 0 Å². The molecule has 0 bridgehead atoms. The minimum atomic E-state index is -0.669. The van der Waals surface area contributed by atoms with Gasteiger partial charge in [0.1, 0.15) is 5.92 Å². The van der Waals surface area contributed by atoms with Gasteiger partial charge >= 0.3 is 5.97 Å². The summed E-state index contributed by atoms with van der Waals surface area (Å²) in [6.45, 7) is 7.59. The van der Waals surface area contributed by atoms with E-state index in [-0.39, 0.29) is 5.41 Å². The number of nitrogens with zero attached hydrogens (tertiary/aromatic N) is 1. The summed E-state index contributed by atoms with van der Waals surface area (Å²) in [5.41, 5.74) is -0.346. The Balaban J connectivity index is 4.39. The standard InChI is InChI=1S/C9H15NO2/c1-5-12-8(11)7(6-10)9(2,3)4/h7H,5H2,1-4H3. The van der Waals surface area contributed by atoms with E-state index in [4.69, 9.17) is 10.00 Å². The van der Waals surface area contributed by atoms with Crippen molar-refractivity contribution in [2.24, 2.45) is 11.3 Å². The molecule has 0 heterocycles. The zero-order chi connectivity index (χ0) is 9.78. The van der Waals surface area contributed by atoms with Crippen LogP contribution in [0.4, 0.5) is 0 Å². The molecule has 1 atom stereocenters. The minimum absolute atomic E-state index is 0.326. The van der Waals surface area contributed by atoms with Crippen molar-refractivity contribution < 1.29 is 9.53 Å². The van der Waals surface area contributed by atoms with Crippen molar-refractivity contribution in [3.63, 3.8) is 0 Å². The fourth-order valence-electron chi connectivity index (χ4n) is 0.825. The summed E-state index contributed by atoms with van der Waals surface area (Å²) < 4.78 is 4.76. The lowest BCUT2D eigenvalue weighted by molar-refractivity contribution is -0.149. The maximum atomic E-state index is 11.2. The highest BCUT2D eigenvalue weighted by Gasteiger charge is 2.32. The topological polar surface area (TPSA) is 50.1 Å². The van der Waals surface area contributed by atoms with Gasteiger partial charge in [0.05, 0.1) is 12.7 Å². The highest BCUT2D eigenvalue weighted by molar-refractivity contribution is 5.76. The van der Waals surface area contributed by atoms with Crippen LogP contribution in [0.25, 0.3) is 0 Å². The lowest BCUT2D eigenvalue weighted by Gasteiger charge is -2.22. The third kappa shape index (κ3) is 2.91. The van der Waals surface area contributed by atoms with E-state index in [1.165, 1.54) is 0 Å². The van der Waals surface area contributed by atoms with Gasteiger partial charge in [0.15, 0.2) is 0 Å². The first kappa shape index (κ1) is 11.0. The van der Waals surface area contributed by atoms with E-state index in [1.807, 2.05) is 26.8 Å². The van der Waals surface area contributed by atoms with Gasteiger partial charge in [-0.2, -0.15) is 5.26 Å². The van der Waals surface area contributed by atoms with Gasteiger partial charge in [0, 0.05) is 0 Å². The van der Waals surface area contributed by atoms with Crippen LogP contribution in [0.3, 0.4) is 0 Å². The Morgan fingerprint density at radius 3 is 2.33 bits per heavy atom. The van der Waals surface area contributed by atoms with Gasteiger partial charge in [0.25, 0.3) is 0 Å². The van der Waals surface area contributed by atoms with Gasteiger partial charge in [-0.15, -0.1) is 0 Å². The van der Waals surface area contributed by atoms with E-state index in [0.29, 0.717) is 6.61 Å². The number of hydrogen-bond acceptors (Lipinski definition) is 3. The number of ether oxygens (including phenoxy) is 1. The van der Waals surface area contributed by atoms with Gasteiger partial charge in [0.2, 0.25) is 0 Å². The van der Waals surface area contributed by atoms with Crippen LogP contribution < -0.4 is 0 Å². The normalized spacial score (nSPS) is 13.2. The molecule has 1 unspecified atom stereocenters. The van der Waals surface area contributed by atoms with Crippen LogP contribution in [-0.4, -0.2) is 12.6 Å². The van der Waals surface area contributed by atoms with Crippen molar-refractivity contribution in [1.82, 2.24) is 0 Å². The van der Waals surface area contributed by atoms with Crippen molar-refractivity contribution in [3.8, 4) is 6.07 Å². The van der Waals surface area contributed by atoms with E-state index >= 15 is 0 Å². The van der Waals surface area contributed by atoms with Crippen molar-refractivity contribution in [3.05, 3.63) is 0 Å². The van der Waals surface area contributed by atoms with Crippen LogP contribution in [0.2, 0.25) is 0 Å². The zero-order valence-electron chi connectivity index (χ0n) is 8.05. The summed E-state index contributed by atoms with van der Waals surface area (Å²) in [7, 11) is 0. The maximum absolute atomic E-state index is 11.2. The minimum Gasteiger partial charge on any atom is -0.465 e. The predicted octanol–water partition coefficient (Wildman–Crippen LogP) is 1.74. The molecule has 0 aliphatic rings. The van der Waals surface area contributed by atoms with Gasteiger partial charge in [-0.25, -0.2) is 0 Å². The molecule has 0 aromatic rings. The van der Waals surface area contributed by atoms with Crippen LogP contribution >= 0.6 is 0 Å². The summed E-state index contributed by atoms with van der Waals surface area (Å²) >= 11 is 0. The Labute approximate surface area is 73.3 Å². The van der Waals surface area contributed by atoms with Crippen molar-refractivity contribution in [1.29, 1.82) is 5.26 Å². The first-order valence-corrected chi connectivity index (χ1v) is 3.99. The Morgan fingerprint density at radius 2 is 2.08 bits per heavy atom. The number of rotatable bonds is 2. The Bertz CT molecular complexity index is 198. The highest BCUT2D eigenvalue weighted by atomic mass is 16.5. The molecule has 0 aromatic heterocycles. The third-order valence-electron chi connectivity index (χ3n) is 1.52. The molecule has 0 spiro atoms. The summed E-state index contributed by atoms with van der Waals surface area (Å²) in [4.78, 5) is 11.2. The second-order valence-electron chi connectivity index (χ2n) is 3.68. The highest BCUT2D eigenvalue weighted by Crippen LogP contribution is 2.26. The molecule has 0 aliphatic carbocycles. The fraction of sp³-hybridized carbons (Fsp3) is 0.778. The second kappa shape index (κ2) is 4.10. The molecule has 0 rings (SSSR count). The number of carbonyl (C=O) groups excluding carboxylic acids is 1. The smallest absolute Gasteiger partial charge is 0.323 e. The number of esters is 1. The molecule has 0 N–H and O–H groups in total. The van der Waals surface area contributed by atoms with Gasteiger partial charge in [-0.1, -0.05) is 20.8 Å². The molecule has 0 saturated carbocycles. The molecule has 0 amide bonds. The first-order chi connectivity index (χ1) is 5.43. The SMILES string of the molecule is CCOC(=O)C(C#N)C(C)(C)C. The molecule has 68 valence electrons. The average molecular weight is 169 g/mol. The zero-order valence-corrected chi connectivity index (χ0v) is 8.05. The van der Waals surface area contributed by atoms with Crippen LogP contribution in [0, 0.1) is 22.7 Å². The van der Waals surface area contributed by atoms with Gasteiger partial charge in [-0.3, -0.25) is 4.79 Å². The Kier molecular flexibility index (Phi) is 3.75. The van der Waals surface area contributed by atoms with Crippen molar-refractivity contribution >= 4 is 5.97 Å². The number of hydrogen-bond donors (Lipinski definition) is 0. The Hall–Kier alpha value is -1.04. The molecule has 0 radical (unpaired) electrons. The molecule has 0 aliphatic heterocycles.